The van der Waals surface area contributed by atoms with Gasteiger partial charge in [0.2, 0.25) is 5.91 Å². The maximum Gasteiger partial charge on any atom is 0.290 e. The first kappa shape index (κ1) is 24.9. The Bertz CT molecular complexity index is 1140. The van der Waals surface area contributed by atoms with Crippen molar-refractivity contribution < 1.29 is 18.7 Å². The normalized spacial score (nSPS) is 16.5. The van der Waals surface area contributed by atoms with E-state index in [-0.39, 0.29) is 24.1 Å². The highest BCUT2D eigenvalue weighted by Crippen LogP contribution is 2.19. The van der Waals surface area contributed by atoms with Crippen LogP contribution >= 0.6 is 0 Å². The Balaban J connectivity index is 1.16. The van der Waals surface area contributed by atoms with Crippen molar-refractivity contribution >= 4 is 17.6 Å². The number of hydrogen-bond acceptors (Lipinski definition) is 8. The molecular formula is C27H32N6O4. The second kappa shape index (κ2) is 12.0. The molecule has 2 aromatic heterocycles. The summed E-state index contributed by atoms with van der Waals surface area (Å²) in [6, 6.07) is 17.2. The summed E-state index contributed by atoms with van der Waals surface area (Å²) < 4.78 is 10.7. The van der Waals surface area contributed by atoms with Gasteiger partial charge in [-0.2, -0.15) is 0 Å². The number of ether oxygens (including phenoxy) is 1. The molecule has 10 heteroatoms. The molecule has 5 rings (SSSR count). The summed E-state index contributed by atoms with van der Waals surface area (Å²) in [5, 5.41) is 8.80. The van der Waals surface area contributed by atoms with Crippen molar-refractivity contribution in [2.45, 2.75) is 0 Å². The number of amides is 2. The van der Waals surface area contributed by atoms with Crippen LogP contribution in [0.5, 0.6) is 0 Å². The van der Waals surface area contributed by atoms with E-state index in [9.17, 15) is 9.59 Å². The lowest BCUT2D eigenvalue weighted by Crippen LogP contribution is -2.53. The van der Waals surface area contributed by atoms with E-state index < -0.39 is 0 Å². The van der Waals surface area contributed by atoms with Crippen molar-refractivity contribution in [3.05, 3.63) is 66.6 Å². The van der Waals surface area contributed by atoms with Crippen molar-refractivity contribution in [3.63, 3.8) is 0 Å². The minimum atomic E-state index is -0.265. The van der Waals surface area contributed by atoms with Gasteiger partial charge in [-0.15, -0.1) is 10.2 Å². The number of rotatable bonds is 8. The number of carbonyl (C=O) groups is 2. The van der Waals surface area contributed by atoms with Crippen LogP contribution in [0.15, 0.2) is 65.3 Å². The highest BCUT2D eigenvalue weighted by molar-refractivity contribution is 5.94. The monoisotopic (exact) mass is 504 g/mol. The fourth-order valence-corrected chi connectivity index (χ4v) is 4.60. The van der Waals surface area contributed by atoms with Gasteiger partial charge in [0, 0.05) is 57.9 Å². The maximum absolute atomic E-state index is 13.2. The first-order chi connectivity index (χ1) is 18.2. The highest BCUT2D eigenvalue weighted by Gasteiger charge is 2.27. The van der Waals surface area contributed by atoms with E-state index in [0.29, 0.717) is 52.5 Å². The molecule has 1 aromatic carbocycles. The molecule has 0 saturated carbocycles. The second-order valence-corrected chi connectivity index (χ2v) is 9.17. The van der Waals surface area contributed by atoms with E-state index in [4.69, 9.17) is 9.15 Å². The molecule has 3 aromatic rings. The van der Waals surface area contributed by atoms with Crippen LogP contribution in [0, 0.1) is 0 Å². The number of furan rings is 1. The van der Waals surface area contributed by atoms with Crippen LogP contribution in [0.25, 0.3) is 11.3 Å². The molecule has 0 aliphatic carbocycles. The van der Waals surface area contributed by atoms with Gasteiger partial charge >= 0.3 is 0 Å². The molecule has 0 bridgehead atoms. The summed E-state index contributed by atoms with van der Waals surface area (Å²) in [4.78, 5) is 34.1. The van der Waals surface area contributed by atoms with Crippen molar-refractivity contribution in [2.24, 2.45) is 0 Å². The SMILES string of the molecule is O=C(CN(CCN1CCOCC1)C(=O)c1ccco1)N1CCN(c2ccc(-c3ccccc3)nn2)CC1. The average molecular weight is 505 g/mol. The third-order valence-corrected chi connectivity index (χ3v) is 6.81. The van der Waals surface area contributed by atoms with Gasteiger partial charge in [0.15, 0.2) is 11.6 Å². The number of carbonyl (C=O) groups excluding carboxylic acids is 2. The van der Waals surface area contributed by atoms with Crippen molar-refractivity contribution in [1.82, 2.24) is 24.9 Å². The number of aromatic nitrogens is 2. The van der Waals surface area contributed by atoms with Crippen LogP contribution in [0.4, 0.5) is 5.82 Å². The van der Waals surface area contributed by atoms with Gasteiger partial charge in [-0.25, -0.2) is 0 Å². The van der Waals surface area contributed by atoms with E-state index >= 15 is 0 Å². The maximum atomic E-state index is 13.2. The Morgan fingerprint density at radius 1 is 0.865 bits per heavy atom. The molecule has 0 atom stereocenters. The Morgan fingerprint density at radius 2 is 1.65 bits per heavy atom. The summed E-state index contributed by atoms with van der Waals surface area (Å²) in [5.74, 6) is 0.718. The van der Waals surface area contributed by atoms with Gasteiger partial charge < -0.3 is 23.9 Å². The molecular weight excluding hydrogens is 472 g/mol. The predicted molar refractivity (Wildman–Crippen MR) is 138 cm³/mol. The molecule has 194 valence electrons. The number of piperazine rings is 1. The molecule has 10 nitrogen and oxygen atoms in total. The topological polar surface area (TPSA) is 95.2 Å². The van der Waals surface area contributed by atoms with E-state index in [1.165, 1.54) is 6.26 Å². The third kappa shape index (κ3) is 6.33. The molecule has 2 aliphatic rings. The number of hydrogen-bond donors (Lipinski definition) is 0. The molecule has 0 spiro atoms. The summed E-state index contributed by atoms with van der Waals surface area (Å²) in [7, 11) is 0. The van der Waals surface area contributed by atoms with Crippen LogP contribution in [0.1, 0.15) is 10.6 Å². The molecule has 0 radical (unpaired) electrons. The lowest BCUT2D eigenvalue weighted by molar-refractivity contribution is -0.132. The molecule has 2 saturated heterocycles. The summed E-state index contributed by atoms with van der Waals surface area (Å²) in [6.07, 6.45) is 1.48. The highest BCUT2D eigenvalue weighted by atomic mass is 16.5. The fourth-order valence-electron chi connectivity index (χ4n) is 4.60. The molecule has 2 fully saturated rings. The van der Waals surface area contributed by atoms with E-state index in [2.05, 4.69) is 20.0 Å². The zero-order valence-electron chi connectivity index (χ0n) is 20.9. The Labute approximate surface area is 216 Å². The Hall–Kier alpha value is -3.76. The van der Waals surface area contributed by atoms with Crippen molar-refractivity contribution in [3.8, 4) is 11.3 Å². The van der Waals surface area contributed by atoms with E-state index in [1.54, 1.807) is 17.0 Å². The number of anilines is 1. The molecule has 37 heavy (non-hydrogen) atoms. The van der Waals surface area contributed by atoms with Crippen LogP contribution in [0.2, 0.25) is 0 Å². The summed E-state index contributed by atoms with van der Waals surface area (Å²) in [6.45, 7) is 6.64. The predicted octanol–water partition coefficient (Wildman–Crippen LogP) is 1.86. The average Bonchev–Trinajstić information content (AvgIpc) is 3.51. The van der Waals surface area contributed by atoms with Crippen LogP contribution in [-0.2, 0) is 9.53 Å². The smallest absolute Gasteiger partial charge is 0.290 e. The van der Waals surface area contributed by atoms with Gasteiger partial charge in [0.05, 0.1) is 25.2 Å². The zero-order chi connectivity index (χ0) is 25.5. The molecule has 0 unspecified atom stereocenters. The first-order valence-electron chi connectivity index (χ1n) is 12.7. The number of nitrogens with zero attached hydrogens (tertiary/aromatic N) is 6. The van der Waals surface area contributed by atoms with Crippen LogP contribution < -0.4 is 4.90 Å². The van der Waals surface area contributed by atoms with Crippen LogP contribution in [-0.4, -0.2) is 109 Å². The minimum absolute atomic E-state index is 0.0233. The van der Waals surface area contributed by atoms with Gasteiger partial charge in [-0.1, -0.05) is 30.3 Å². The zero-order valence-corrected chi connectivity index (χ0v) is 20.9. The van der Waals surface area contributed by atoms with Gasteiger partial charge in [-0.05, 0) is 24.3 Å². The van der Waals surface area contributed by atoms with Crippen molar-refractivity contribution in [2.75, 3.05) is 77.0 Å². The van der Waals surface area contributed by atoms with E-state index in [1.807, 2.05) is 47.4 Å². The lowest BCUT2D eigenvalue weighted by Gasteiger charge is -2.36. The first-order valence-corrected chi connectivity index (χ1v) is 12.7. The number of benzene rings is 1. The quantitative estimate of drug-likeness (QED) is 0.459. The standard InChI is InChI=1S/C27H32N6O4/c34-26(21-33(27(35)24-7-4-18-37-24)11-10-30-16-19-36-20-17-30)32-14-12-31(13-15-32)25-9-8-23(28-29-25)22-5-2-1-3-6-22/h1-9,18H,10-17,19-21H2. The number of morpholine rings is 1. The second-order valence-electron chi connectivity index (χ2n) is 9.17. The van der Waals surface area contributed by atoms with Gasteiger partial charge in [-0.3, -0.25) is 14.5 Å². The molecule has 4 heterocycles. The summed E-state index contributed by atoms with van der Waals surface area (Å²) >= 11 is 0. The Morgan fingerprint density at radius 3 is 2.32 bits per heavy atom. The van der Waals surface area contributed by atoms with Gasteiger partial charge in [0.1, 0.15) is 6.54 Å². The molecule has 2 amide bonds. The fraction of sp³-hybridized carbons (Fsp3) is 0.407. The summed E-state index contributed by atoms with van der Waals surface area (Å²) in [5.41, 5.74) is 1.86. The van der Waals surface area contributed by atoms with Gasteiger partial charge in [0.25, 0.3) is 5.91 Å². The minimum Gasteiger partial charge on any atom is -0.459 e. The Kier molecular flexibility index (Phi) is 8.07. The van der Waals surface area contributed by atoms with E-state index in [0.717, 1.165) is 30.2 Å². The van der Waals surface area contributed by atoms with Crippen molar-refractivity contribution in [1.29, 1.82) is 0 Å². The largest absolute Gasteiger partial charge is 0.459 e. The third-order valence-electron chi connectivity index (χ3n) is 6.81. The lowest BCUT2D eigenvalue weighted by atomic mass is 10.1. The molecule has 0 N–H and O–H groups in total. The molecule has 2 aliphatic heterocycles. The van der Waals surface area contributed by atoms with Crippen LogP contribution in [0.3, 0.4) is 0 Å².